The Morgan fingerprint density at radius 3 is 2.48 bits per heavy atom. The van der Waals surface area contributed by atoms with Crippen LogP contribution in [-0.2, 0) is 16.4 Å². The van der Waals surface area contributed by atoms with Crippen LogP contribution in [0.3, 0.4) is 0 Å². The zero-order valence-corrected chi connectivity index (χ0v) is 17.1. The number of rotatable bonds is 7. The first-order valence-corrected chi connectivity index (χ1v) is 11.4. The number of benzene rings is 1. The van der Waals surface area contributed by atoms with Crippen LogP contribution in [0.5, 0.6) is 0 Å². The number of aryl methyl sites for hydroxylation is 2. The summed E-state index contributed by atoms with van der Waals surface area (Å²) in [4.78, 5) is 7.08. The molecule has 1 fully saturated rings. The summed E-state index contributed by atoms with van der Waals surface area (Å²) >= 11 is 5.71. The molecule has 0 amide bonds. The molecule has 27 heavy (non-hydrogen) atoms. The van der Waals surface area contributed by atoms with Crippen LogP contribution in [0.25, 0.3) is 0 Å². The van der Waals surface area contributed by atoms with E-state index in [4.69, 9.17) is 11.6 Å². The third-order valence-electron chi connectivity index (χ3n) is 4.85. The molecular formula is C20H26ClN3O2S. The third-order valence-corrected chi connectivity index (χ3v) is 6.65. The second kappa shape index (κ2) is 9.04. The lowest BCUT2D eigenvalue weighted by Crippen LogP contribution is -2.44. The van der Waals surface area contributed by atoms with Crippen molar-refractivity contribution in [2.45, 2.75) is 43.5 Å². The number of halogens is 1. The number of hydrogen-bond acceptors (Lipinski definition) is 4. The zero-order valence-electron chi connectivity index (χ0n) is 15.6. The van der Waals surface area contributed by atoms with Crippen LogP contribution in [0.4, 0.5) is 5.82 Å². The predicted molar refractivity (Wildman–Crippen MR) is 110 cm³/mol. The van der Waals surface area contributed by atoms with Crippen LogP contribution in [0.2, 0.25) is 0 Å². The molecule has 0 bridgehead atoms. The Labute approximate surface area is 166 Å². The Bertz CT molecular complexity index is 848. The van der Waals surface area contributed by atoms with E-state index < -0.39 is 10.0 Å². The Morgan fingerprint density at radius 1 is 1.15 bits per heavy atom. The Balaban J connectivity index is 1.57. The molecular weight excluding hydrogens is 382 g/mol. The largest absolute Gasteiger partial charge is 0.356 e. The highest BCUT2D eigenvalue weighted by Crippen LogP contribution is 2.20. The van der Waals surface area contributed by atoms with E-state index in [1.807, 2.05) is 37.3 Å². The smallest absolute Gasteiger partial charge is 0.240 e. The van der Waals surface area contributed by atoms with Gasteiger partial charge >= 0.3 is 0 Å². The Hall–Kier alpha value is -1.63. The zero-order chi connectivity index (χ0) is 19.3. The first-order valence-electron chi connectivity index (χ1n) is 9.34. The summed E-state index contributed by atoms with van der Waals surface area (Å²) < 4.78 is 28.2. The minimum atomic E-state index is -3.50. The lowest BCUT2D eigenvalue weighted by molar-refractivity contribution is 0.458. The molecule has 146 valence electrons. The molecule has 1 saturated heterocycles. The van der Waals surface area contributed by atoms with Crippen molar-refractivity contribution < 1.29 is 8.42 Å². The molecule has 2 heterocycles. The van der Waals surface area contributed by atoms with Crippen molar-refractivity contribution in [3.63, 3.8) is 0 Å². The fraction of sp³-hybridized carbons (Fsp3) is 0.450. The van der Waals surface area contributed by atoms with Crippen molar-refractivity contribution in [1.29, 1.82) is 0 Å². The van der Waals surface area contributed by atoms with Crippen molar-refractivity contribution in [2.75, 3.05) is 23.9 Å². The molecule has 1 aliphatic rings. The monoisotopic (exact) mass is 407 g/mol. The topological polar surface area (TPSA) is 62.3 Å². The number of pyridine rings is 1. The van der Waals surface area contributed by atoms with E-state index >= 15 is 0 Å². The molecule has 0 radical (unpaired) electrons. The van der Waals surface area contributed by atoms with Gasteiger partial charge in [-0.15, -0.1) is 11.6 Å². The van der Waals surface area contributed by atoms with Gasteiger partial charge in [0.1, 0.15) is 5.82 Å². The summed E-state index contributed by atoms with van der Waals surface area (Å²) in [5, 5.41) is 0. The second-order valence-corrected chi connectivity index (χ2v) is 9.05. The highest BCUT2D eigenvalue weighted by Gasteiger charge is 2.25. The number of sulfonamides is 1. The van der Waals surface area contributed by atoms with E-state index in [0.717, 1.165) is 55.8 Å². The van der Waals surface area contributed by atoms with Gasteiger partial charge in [0.05, 0.1) is 4.90 Å². The summed E-state index contributed by atoms with van der Waals surface area (Å²) in [6, 6.07) is 13.0. The van der Waals surface area contributed by atoms with Gasteiger partial charge in [0.15, 0.2) is 0 Å². The molecule has 0 spiro atoms. The standard InChI is InChI=1S/C20H26ClN3O2S/c1-16-4-2-6-20(22-16)24-14-11-18(12-15-24)23-27(25,26)19-9-7-17(8-10-19)5-3-13-21/h2,4,6-10,18,23H,3,5,11-15H2,1H3. The fourth-order valence-electron chi connectivity index (χ4n) is 3.32. The number of aromatic nitrogens is 1. The van der Waals surface area contributed by atoms with Gasteiger partial charge < -0.3 is 4.90 Å². The molecule has 7 heteroatoms. The van der Waals surface area contributed by atoms with Gasteiger partial charge in [0, 0.05) is 30.7 Å². The number of nitrogens with one attached hydrogen (secondary N) is 1. The first kappa shape index (κ1) is 20.1. The molecule has 5 nitrogen and oxygen atoms in total. The summed E-state index contributed by atoms with van der Waals surface area (Å²) in [5.74, 6) is 1.57. The van der Waals surface area contributed by atoms with Crippen LogP contribution in [-0.4, -0.2) is 38.4 Å². The molecule has 0 aliphatic carbocycles. The molecule has 1 N–H and O–H groups in total. The average Bonchev–Trinajstić information content (AvgIpc) is 2.67. The van der Waals surface area contributed by atoms with E-state index in [-0.39, 0.29) is 6.04 Å². The number of anilines is 1. The molecule has 1 aromatic heterocycles. The SMILES string of the molecule is Cc1cccc(N2CCC(NS(=O)(=O)c3ccc(CCCCl)cc3)CC2)n1. The van der Waals surface area contributed by atoms with Crippen LogP contribution in [0.1, 0.15) is 30.5 Å². The highest BCUT2D eigenvalue weighted by atomic mass is 35.5. The van der Waals surface area contributed by atoms with Gasteiger partial charge in [0.2, 0.25) is 10.0 Å². The first-order chi connectivity index (χ1) is 13.0. The highest BCUT2D eigenvalue weighted by molar-refractivity contribution is 7.89. The minimum absolute atomic E-state index is 0.0491. The van der Waals surface area contributed by atoms with Crippen molar-refractivity contribution in [3.05, 3.63) is 53.7 Å². The number of piperidine rings is 1. The van der Waals surface area contributed by atoms with E-state index in [1.165, 1.54) is 0 Å². The third kappa shape index (κ3) is 5.43. The molecule has 3 rings (SSSR count). The van der Waals surface area contributed by atoms with E-state index in [0.29, 0.717) is 10.8 Å². The lowest BCUT2D eigenvalue weighted by Gasteiger charge is -2.33. The molecule has 0 atom stereocenters. The maximum absolute atomic E-state index is 12.7. The molecule has 1 aliphatic heterocycles. The van der Waals surface area contributed by atoms with Gasteiger partial charge in [-0.3, -0.25) is 0 Å². The summed E-state index contributed by atoms with van der Waals surface area (Å²) in [5.41, 5.74) is 2.10. The maximum atomic E-state index is 12.7. The fourth-order valence-corrected chi connectivity index (χ4v) is 4.76. The molecule has 0 saturated carbocycles. The van der Waals surface area contributed by atoms with E-state index in [1.54, 1.807) is 12.1 Å². The minimum Gasteiger partial charge on any atom is -0.356 e. The summed E-state index contributed by atoms with van der Waals surface area (Å²) in [6.07, 6.45) is 3.29. The van der Waals surface area contributed by atoms with Gasteiger partial charge in [-0.25, -0.2) is 18.1 Å². The Kier molecular flexibility index (Phi) is 6.73. The van der Waals surface area contributed by atoms with Gasteiger partial charge in [-0.05, 0) is 62.4 Å². The van der Waals surface area contributed by atoms with E-state index in [9.17, 15) is 8.42 Å². The lowest BCUT2D eigenvalue weighted by atomic mass is 10.1. The van der Waals surface area contributed by atoms with Crippen molar-refractivity contribution in [3.8, 4) is 0 Å². The number of nitrogens with zero attached hydrogens (tertiary/aromatic N) is 2. The maximum Gasteiger partial charge on any atom is 0.240 e. The van der Waals surface area contributed by atoms with Gasteiger partial charge in [0.25, 0.3) is 0 Å². The van der Waals surface area contributed by atoms with Crippen LogP contribution in [0.15, 0.2) is 47.4 Å². The Morgan fingerprint density at radius 2 is 1.85 bits per heavy atom. The second-order valence-electron chi connectivity index (χ2n) is 6.96. The van der Waals surface area contributed by atoms with Gasteiger partial charge in [-0.2, -0.15) is 0 Å². The van der Waals surface area contributed by atoms with Crippen molar-refractivity contribution >= 4 is 27.4 Å². The van der Waals surface area contributed by atoms with Crippen LogP contribution in [0, 0.1) is 6.92 Å². The van der Waals surface area contributed by atoms with Crippen molar-refractivity contribution in [1.82, 2.24) is 9.71 Å². The molecule has 0 unspecified atom stereocenters. The quantitative estimate of drug-likeness (QED) is 0.713. The summed E-state index contributed by atoms with van der Waals surface area (Å²) in [6.45, 7) is 3.56. The van der Waals surface area contributed by atoms with Crippen molar-refractivity contribution in [2.24, 2.45) is 0 Å². The summed E-state index contributed by atoms with van der Waals surface area (Å²) in [7, 11) is -3.50. The number of hydrogen-bond donors (Lipinski definition) is 1. The van der Waals surface area contributed by atoms with Crippen LogP contribution < -0.4 is 9.62 Å². The van der Waals surface area contributed by atoms with Gasteiger partial charge in [-0.1, -0.05) is 18.2 Å². The molecule has 2 aromatic rings. The predicted octanol–water partition coefficient (Wildman–Crippen LogP) is 3.51. The number of alkyl halides is 1. The average molecular weight is 408 g/mol. The van der Waals surface area contributed by atoms with E-state index in [2.05, 4.69) is 14.6 Å². The normalized spacial score (nSPS) is 15.9. The molecule has 1 aromatic carbocycles. The van der Waals surface area contributed by atoms with Crippen LogP contribution >= 0.6 is 11.6 Å².